The van der Waals surface area contributed by atoms with Crippen molar-refractivity contribution in [1.29, 1.82) is 5.26 Å². The summed E-state index contributed by atoms with van der Waals surface area (Å²) in [6, 6.07) is 2.27. The number of thiophene rings is 1. The fourth-order valence-corrected chi connectivity index (χ4v) is 4.41. The van der Waals surface area contributed by atoms with Crippen LogP contribution in [0.15, 0.2) is 0 Å². The maximum absolute atomic E-state index is 12.9. The third-order valence-electron chi connectivity index (χ3n) is 4.85. The number of nitrogens with zero attached hydrogens (tertiary/aromatic N) is 1. The minimum absolute atomic E-state index is 0.158. The first-order valence-electron chi connectivity index (χ1n) is 8.06. The van der Waals surface area contributed by atoms with Gasteiger partial charge in [0, 0.05) is 0 Å². The molecule has 0 radical (unpaired) electrons. The molecule has 2 N–H and O–H groups in total. The number of nitriles is 1. The molecule has 5 nitrogen and oxygen atoms in total. The molecule has 3 rings (SSSR count). The Balaban J connectivity index is 1.92. The minimum atomic E-state index is -0.946. The molecule has 1 saturated carbocycles. The molecular formula is C17H20N2O3S. The number of anilines is 1. The molecule has 1 heterocycles. The summed E-state index contributed by atoms with van der Waals surface area (Å²) in [5, 5.41) is 9.97. The van der Waals surface area contributed by atoms with E-state index in [-0.39, 0.29) is 12.4 Å². The summed E-state index contributed by atoms with van der Waals surface area (Å²) in [7, 11) is 0. The Morgan fingerprint density at radius 2 is 2.26 bits per heavy atom. The summed E-state index contributed by atoms with van der Waals surface area (Å²) in [5.74, 6) is 0.0461. The highest BCUT2D eigenvalue weighted by Gasteiger charge is 2.46. The topological polar surface area (TPSA) is 93.2 Å². The zero-order valence-corrected chi connectivity index (χ0v) is 14.0. The van der Waals surface area contributed by atoms with Gasteiger partial charge in [-0.15, -0.1) is 11.3 Å². The lowest BCUT2D eigenvalue weighted by molar-refractivity contribution is 0.0526. The van der Waals surface area contributed by atoms with Crippen LogP contribution in [0.4, 0.5) is 5.00 Å². The van der Waals surface area contributed by atoms with Crippen molar-refractivity contribution in [2.75, 3.05) is 12.3 Å². The van der Waals surface area contributed by atoms with E-state index in [0.29, 0.717) is 46.2 Å². The Kier molecular flexibility index (Phi) is 4.15. The summed E-state index contributed by atoms with van der Waals surface area (Å²) >= 11 is 1.12. The number of Topliss-reactive ketones (excluding diaryl/α,β-unsaturated/α-hetero) is 1. The highest BCUT2D eigenvalue weighted by atomic mass is 32.1. The van der Waals surface area contributed by atoms with Gasteiger partial charge in [-0.2, -0.15) is 5.26 Å². The Morgan fingerprint density at radius 1 is 1.52 bits per heavy atom. The van der Waals surface area contributed by atoms with Gasteiger partial charge in [-0.05, 0) is 44.1 Å². The standard InChI is InChI=1S/C17H20N2O3S/c1-2-22-16(21)12-11-6-8-17(9-18,7-5-10-3-4-10)14(20)13(11)23-15(12)19/h10H,2-8,19H2,1H3. The molecule has 0 bridgehead atoms. The summed E-state index contributed by atoms with van der Waals surface area (Å²) in [4.78, 5) is 25.5. The highest BCUT2D eigenvalue weighted by Crippen LogP contribution is 2.47. The molecule has 6 heteroatoms. The molecule has 2 aliphatic carbocycles. The van der Waals surface area contributed by atoms with Crippen molar-refractivity contribution >= 4 is 28.1 Å². The second-order valence-corrected chi connectivity index (χ2v) is 7.43. The van der Waals surface area contributed by atoms with Crippen molar-refractivity contribution in [1.82, 2.24) is 0 Å². The van der Waals surface area contributed by atoms with Crippen LogP contribution in [0.1, 0.15) is 64.6 Å². The average molecular weight is 332 g/mol. The number of ketones is 1. The van der Waals surface area contributed by atoms with E-state index in [2.05, 4.69) is 6.07 Å². The highest BCUT2D eigenvalue weighted by molar-refractivity contribution is 7.18. The molecule has 23 heavy (non-hydrogen) atoms. The Hall–Kier alpha value is -1.87. The van der Waals surface area contributed by atoms with Crippen molar-refractivity contribution < 1.29 is 14.3 Å². The fourth-order valence-electron chi connectivity index (χ4n) is 3.26. The SMILES string of the molecule is CCOC(=O)c1c(N)sc2c1CCC(C#N)(CCC1CC1)C2=O. The number of nitrogens with two attached hydrogens (primary N) is 1. The molecule has 0 spiro atoms. The van der Waals surface area contributed by atoms with Crippen molar-refractivity contribution in [3.63, 3.8) is 0 Å². The van der Waals surface area contributed by atoms with Crippen LogP contribution in [0.5, 0.6) is 0 Å². The van der Waals surface area contributed by atoms with Crippen molar-refractivity contribution in [2.24, 2.45) is 11.3 Å². The molecule has 1 aromatic heterocycles. The Labute approximate surface area is 139 Å². The van der Waals surface area contributed by atoms with E-state index in [0.717, 1.165) is 17.8 Å². The maximum Gasteiger partial charge on any atom is 0.341 e. The van der Waals surface area contributed by atoms with Gasteiger partial charge in [0.05, 0.1) is 23.1 Å². The molecule has 2 aliphatic rings. The number of ether oxygens (including phenoxy) is 1. The van der Waals surface area contributed by atoms with Crippen LogP contribution < -0.4 is 5.73 Å². The monoisotopic (exact) mass is 332 g/mol. The van der Waals surface area contributed by atoms with E-state index in [1.165, 1.54) is 12.8 Å². The normalized spacial score (nSPS) is 23.2. The third-order valence-corrected chi connectivity index (χ3v) is 5.91. The van der Waals surface area contributed by atoms with Crippen molar-refractivity contribution in [3.8, 4) is 6.07 Å². The van der Waals surface area contributed by atoms with Crippen molar-refractivity contribution in [2.45, 2.75) is 45.4 Å². The zero-order valence-electron chi connectivity index (χ0n) is 13.2. The number of rotatable bonds is 5. The lowest BCUT2D eigenvalue weighted by atomic mass is 9.70. The molecule has 0 aromatic carbocycles. The molecule has 122 valence electrons. The second-order valence-electron chi connectivity index (χ2n) is 6.37. The molecule has 0 saturated heterocycles. The fraction of sp³-hybridized carbons (Fsp3) is 0.588. The zero-order chi connectivity index (χ0) is 16.6. The van der Waals surface area contributed by atoms with E-state index in [1.54, 1.807) is 6.92 Å². The maximum atomic E-state index is 12.9. The predicted molar refractivity (Wildman–Crippen MR) is 87.3 cm³/mol. The first kappa shape index (κ1) is 16.0. The van der Waals surface area contributed by atoms with Gasteiger partial charge < -0.3 is 10.5 Å². The number of hydrogen-bond acceptors (Lipinski definition) is 6. The lowest BCUT2D eigenvalue weighted by Gasteiger charge is -2.29. The van der Waals surface area contributed by atoms with Crippen molar-refractivity contribution in [3.05, 3.63) is 16.0 Å². The van der Waals surface area contributed by atoms with Crippen LogP contribution in [0.2, 0.25) is 0 Å². The quantitative estimate of drug-likeness (QED) is 0.835. The van der Waals surface area contributed by atoms with Crippen LogP contribution in [0.25, 0.3) is 0 Å². The largest absolute Gasteiger partial charge is 0.462 e. The van der Waals surface area contributed by atoms with Gasteiger partial charge in [0.15, 0.2) is 5.78 Å². The van der Waals surface area contributed by atoms with Gasteiger partial charge in [0.1, 0.15) is 10.4 Å². The number of nitrogen functional groups attached to an aromatic ring is 1. The first-order chi connectivity index (χ1) is 11.0. The summed E-state index contributed by atoms with van der Waals surface area (Å²) < 4.78 is 5.05. The lowest BCUT2D eigenvalue weighted by Crippen LogP contribution is -2.34. The number of fused-ring (bicyclic) bond motifs is 1. The predicted octanol–water partition coefficient (Wildman–Crippen LogP) is 3.34. The van der Waals surface area contributed by atoms with Gasteiger partial charge >= 0.3 is 5.97 Å². The summed E-state index contributed by atoms with van der Waals surface area (Å²) in [6.07, 6.45) is 4.95. The smallest absolute Gasteiger partial charge is 0.341 e. The van der Waals surface area contributed by atoms with E-state index >= 15 is 0 Å². The van der Waals surface area contributed by atoms with Gasteiger partial charge in [-0.25, -0.2) is 4.79 Å². The number of hydrogen-bond donors (Lipinski definition) is 1. The van der Waals surface area contributed by atoms with Crippen LogP contribution in [0.3, 0.4) is 0 Å². The van der Waals surface area contributed by atoms with Gasteiger partial charge in [-0.1, -0.05) is 12.8 Å². The molecule has 1 unspecified atom stereocenters. The van der Waals surface area contributed by atoms with Crippen LogP contribution >= 0.6 is 11.3 Å². The summed E-state index contributed by atoms with van der Waals surface area (Å²) in [6.45, 7) is 2.00. The van der Waals surface area contributed by atoms with Gasteiger partial charge in [-0.3, -0.25) is 4.79 Å². The third kappa shape index (κ3) is 2.74. The second kappa shape index (κ2) is 5.97. The number of esters is 1. The van der Waals surface area contributed by atoms with Crippen LogP contribution in [-0.4, -0.2) is 18.4 Å². The van der Waals surface area contributed by atoms with E-state index in [1.807, 2.05) is 0 Å². The van der Waals surface area contributed by atoms with Crippen LogP contribution in [-0.2, 0) is 11.2 Å². The van der Waals surface area contributed by atoms with E-state index in [9.17, 15) is 14.9 Å². The summed E-state index contributed by atoms with van der Waals surface area (Å²) in [5.41, 5.74) is 6.02. The Morgan fingerprint density at radius 3 is 2.87 bits per heavy atom. The van der Waals surface area contributed by atoms with Gasteiger partial charge in [0.2, 0.25) is 0 Å². The number of carbonyl (C=O) groups is 2. The van der Waals surface area contributed by atoms with E-state index < -0.39 is 11.4 Å². The number of carbonyl (C=O) groups excluding carboxylic acids is 2. The Bertz CT molecular complexity index is 699. The first-order valence-corrected chi connectivity index (χ1v) is 8.88. The molecule has 0 aliphatic heterocycles. The molecular weight excluding hydrogens is 312 g/mol. The molecule has 1 fully saturated rings. The molecule has 1 atom stereocenters. The molecule has 1 aromatic rings. The van der Waals surface area contributed by atoms with E-state index in [4.69, 9.17) is 10.5 Å². The minimum Gasteiger partial charge on any atom is -0.462 e. The van der Waals surface area contributed by atoms with Crippen LogP contribution in [0, 0.1) is 22.7 Å². The average Bonchev–Trinajstić information content (AvgIpc) is 3.29. The molecule has 0 amide bonds. The van der Waals surface area contributed by atoms with Gasteiger partial charge in [0.25, 0.3) is 0 Å².